The summed E-state index contributed by atoms with van der Waals surface area (Å²) in [4.78, 5) is 29.0. The number of carbonyl (C=O) groups is 2. The molecule has 1 atom stereocenters. The quantitative estimate of drug-likeness (QED) is 0.762. The Hall–Kier alpha value is -2.91. The van der Waals surface area contributed by atoms with Crippen LogP contribution >= 0.6 is 0 Å². The molecule has 9 heteroatoms. The molecule has 0 radical (unpaired) electrons. The highest BCUT2D eigenvalue weighted by molar-refractivity contribution is 7.92. The van der Waals surface area contributed by atoms with Crippen molar-refractivity contribution in [1.29, 1.82) is 0 Å². The van der Waals surface area contributed by atoms with Gasteiger partial charge < -0.3 is 14.5 Å². The molecule has 164 valence electrons. The number of nitrogens with zero attached hydrogens (tertiary/aromatic N) is 2. The second-order valence-electron chi connectivity index (χ2n) is 7.62. The van der Waals surface area contributed by atoms with Crippen molar-refractivity contribution in [2.45, 2.75) is 23.8 Å². The molecule has 2 aromatic rings. The highest BCUT2D eigenvalue weighted by Gasteiger charge is 2.31. The summed E-state index contributed by atoms with van der Waals surface area (Å²) in [5, 5.41) is 0. The number of carbonyl (C=O) groups excluding carboxylic acids is 2. The van der Waals surface area contributed by atoms with Crippen molar-refractivity contribution in [2.75, 3.05) is 37.5 Å². The van der Waals surface area contributed by atoms with Crippen LogP contribution in [-0.2, 0) is 19.6 Å². The molecule has 2 aliphatic rings. The van der Waals surface area contributed by atoms with Gasteiger partial charge in [-0.2, -0.15) is 0 Å². The summed E-state index contributed by atoms with van der Waals surface area (Å²) >= 11 is 0. The monoisotopic (exact) mass is 443 g/mol. The molecule has 2 fully saturated rings. The van der Waals surface area contributed by atoms with E-state index < -0.39 is 10.0 Å². The van der Waals surface area contributed by atoms with E-state index in [0.717, 1.165) is 12.8 Å². The molecule has 8 nitrogen and oxygen atoms in total. The lowest BCUT2D eigenvalue weighted by Gasteiger charge is -2.35. The van der Waals surface area contributed by atoms with Crippen LogP contribution in [0.3, 0.4) is 0 Å². The first-order chi connectivity index (χ1) is 14.9. The van der Waals surface area contributed by atoms with Crippen LogP contribution < -0.4 is 4.72 Å². The number of nitrogens with one attached hydrogen (secondary N) is 1. The van der Waals surface area contributed by atoms with Crippen molar-refractivity contribution in [3.63, 3.8) is 0 Å². The molecule has 4 rings (SSSR count). The van der Waals surface area contributed by atoms with Gasteiger partial charge >= 0.3 is 0 Å². The lowest BCUT2D eigenvalue weighted by Crippen LogP contribution is -2.52. The van der Waals surface area contributed by atoms with Crippen molar-refractivity contribution >= 4 is 27.5 Å². The maximum atomic E-state index is 12.9. The standard InChI is InChI=1S/C22H25N3O5S/c26-21(24-11-13-25(14-12-24)22(27)20-10-5-15-30-20)17-6-4-7-18(16-17)23-31(28,29)19-8-2-1-3-9-19/h1-4,6-9,16,20,23H,5,10-15H2. The van der Waals surface area contributed by atoms with Crippen LogP contribution in [-0.4, -0.2) is 68.9 Å². The third-order valence-electron chi connectivity index (χ3n) is 5.50. The molecule has 2 aromatic carbocycles. The zero-order valence-corrected chi connectivity index (χ0v) is 17.9. The number of ether oxygens (including phenoxy) is 1. The lowest BCUT2D eigenvalue weighted by atomic mass is 10.1. The normalized spacial score (nSPS) is 19.3. The first-order valence-electron chi connectivity index (χ1n) is 10.3. The van der Waals surface area contributed by atoms with E-state index in [9.17, 15) is 18.0 Å². The van der Waals surface area contributed by atoms with Crippen LogP contribution in [0.1, 0.15) is 23.2 Å². The number of piperazine rings is 1. The average Bonchev–Trinajstić information content (AvgIpc) is 3.34. The van der Waals surface area contributed by atoms with Gasteiger partial charge in [0.2, 0.25) is 0 Å². The van der Waals surface area contributed by atoms with Crippen LogP contribution in [0.2, 0.25) is 0 Å². The number of amides is 2. The largest absolute Gasteiger partial charge is 0.368 e. The minimum absolute atomic E-state index is 0.00177. The van der Waals surface area contributed by atoms with Gasteiger partial charge in [0.05, 0.1) is 4.90 Å². The Balaban J connectivity index is 1.39. The minimum atomic E-state index is -3.74. The fourth-order valence-corrected chi connectivity index (χ4v) is 4.89. The van der Waals surface area contributed by atoms with Gasteiger partial charge in [-0.3, -0.25) is 14.3 Å². The van der Waals surface area contributed by atoms with Gasteiger partial charge in [-0.15, -0.1) is 0 Å². The molecule has 1 unspecified atom stereocenters. The number of rotatable bonds is 5. The van der Waals surface area contributed by atoms with Gasteiger partial charge in [-0.1, -0.05) is 24.3 Å². The Labute approximate surface area is 181 Å². The van der Waals surface area contributed by atoms with E-state index in [-0.39, 0.29) is 22.8 Å². The number of hydrogen-bond donors (Lipinski definition) is 1. The topological polar surface area (TPSA) is 96.0 Å². The lowest BCUT2D eigenvalue weighted by molar-refractivity contribution is -0.142. The van der Waals surface area contributed by atoms with Crippen molar-refractivity contribution in [2.24, 2.45) is 0 Å². The number of sulfonamides is 1. The summed E-state index contributed by atoms with van der Waals surface area (Å²) in [6.07, 6.45) is 1.31. The van der Waals surface area contributed by atoms with Gasteiger partial charge in [0, 0.05) is 44.0 Å². The molecule has 0 bridgehead atoms. The zero-order valence-electron chi connectivity index (χ0n) is 17.1. The minimum Gasteiger partial charge on any atom is -0.368 e. The average molecular weight is 444 g/mol. The Morgan fingerprint density at radius 3 is 2.32 bits per heavy atom. The molecule has 31 heavy (non-hydrogen) atoms. The van der Waals surface area contributed by atoms with Gasteiger partial charge in [0.1, 0.15) is 6.10 Å². The SMILES string of the molecule is O=C(c1cccc(NS(=O)(=O)c2ccccc2)c1)N1CCN(C(=O)C2CCCO2)CC1. The molecule has 2 aliphatic heterocycles. The number of benzene rings is 2. The fourth-order valence-electron chi connectivity index (χ4n) is 3.82. The number of anilines is 1. The van der Waals surface area contributed by atoms with E-state index in [1.54, 1.807) is 46.2 Å². The number of hydrogen-bond acceptors (Lipinski definition) is 5. The van der Waals surface area contributed by atoms with Crippen molar-refractivity contribution in [1.82, 2.24) is 9.80 Å². The van der Waals surface area contributed by atoms with E-state index in [2.05, 4.69) is 4.72 Å². The molecule has 0 aromatic heterocycles. The summed E-state index contributed by atoms with van der Waals surface area (Å²) in [7, 11) is -3.74. The van der Waals surface area contributed by atoms with Gasteiger partial charge in [-0.25, -0.2) is 8.42 Å². The smallest absolute Gasteiger partial charge is 0.261 e. The maximum Gasteiger partial charge on any atom is 0.261 e. The highest BCUT2D eigenvalue weighted by Crippen LogP contribution is 2.20. The third kappa shape index (κ3) is 4.88. The van der Waals surface area contributed by atoms with Crippen LogP contribution in [0.15, 0.2) is 59.5 Å². The summed E-state index contributed by atoms with van der Waals surface area (Å²) in [5.41, 5.74) is 0.717. The highest BCUT2D eigenvalue weighted by atomic mass is 32.2. The van der Waals surface area contributed by atoms with Crippen molar-refractivity contribution in [3.8, 4) is 0 Å². The first kappa shape index (κ1) is 21.3. The summed E-state index contributed by atoms with van der Waals surface area (Å²) in [5.74, 6) is -0.188. The van der Waals surface area contributed by atoms with E-state index in [1.807, 2.05) is 0 Å². The van der Waals surface area contributed by atoms with Crippen LogP contribution in [0.4, 0.5) is 5.69 Å². The predicted octanol–water partition coefficient (Wildman–Crippen LogP) is 1.95. The van der Waals surface area contributed by atoms with Crippen LogP contribution in [0, 0.1) is 0 Å². The Morgan fingerprint density at radius 2 is 1.65 bits per heavy atom. The van der Waals surface area contributed by atoms with Gasteiger partial charge in [0.15, 0.2) is 0 Å². The van der Waals surface area contributed by atoms with Gasteiger partial charge in [0.25, 0.3) is 21.8 Å². The molecule has 1 N–H and O–H groups in total. The second kappa shape index (κ2) is 9.07. The molecule has 0 saturated carbocycles. The van der Waals surface area contributed by atoms with E-state index in [0.29, 0.717) is 44.0 Å². The Morgan fingerprint density at radius 1 is 0.935 bits per heavy atom. The molecular formula is C22H25N3O5S. The van der Waals surface area contributed by atoms with E-state index in [1.165, 1.54) is 18.2 Å². The van der Waals surface area contributed by atoms with Crippen molar-refractivity contribution in [3.05, 3.63) is 60.2 Å². The molecular weight excluding hydrogens is 418 g/mol. The van der Waals surface area contributed by atoms with Gasteiger partial charge in [-0.05, 0) is 43.2 Å². The zero-order chi connectivity index (χ0) is 21.8. The van der Waals surface area contributed by atoms with Crippen molar-refractivity contribution < 1.29 is 22.7 Å². The predicted molar refractivity (Wildman–Crippen MR) is 115 cm³/mol. The maximum absolute atomic E-state index is 12.9. The third-order valence-corrected chi connectivity index (χ3v) is 6.90. The summed E-state index contributed by atoms with van der Waals surface area (Å²) in [6, 6.07) is 14.5. The fraction of sp³-hybridized carbons (Fsp3) is 0.364. The molecule has 2 heterocycles. The summed E-state index contributed by atoms with van der Waals surface area (Å²) in [6.45, 7) is 2.41. The van der Waals surface area contributed by atoms with E-state index >= 15 is 0 Å². The molecule has 2 amide bonds. The first-order valence-corrected chi connectivity index (χ1v) is 11.8. The Kier molecular flexibility index (Phi) is 6.24. The Bertz CT molecular complexity index is 1040. The van der Waals surface area contributed by atoms with Crippen LogP contribution in [0.25, 0.3) is 0 Å². The van der Waals surface area contributed by atoms with E-state index in [4.69, 9.17) is 4.74 Å². The second-order valence-corrected chi connectivity index (χ2v) is 9.30. The molecule has 0 aliphatic carbocycles. The summed E-state index contributed by atoms with van der Waals surface area (Å²) < 4.78 is 33.1. The molecule has 2 saturated heterocycles. The van der Waals surface area contributed by atoms with Crippen LogP contribution in [0.5, 0.6) is 0 Å². The molecule has 0 spiro atoms.